The maximum atomic E-state index is 13.2. The first kappa shape index (κ1) is 25.5. The number of carbonyl (C=O) groups excluding carboxylic acids is 1. The number of benzene rings is 2. The predicted molar refractivity (Wildman–Crippen MR) is 116 cm³/mol. The standard InChI is InChI=1S/C23H25ClF3NO4/c1-4-6-14-12-17(21(28)23(25,26)27)18(29)16(7-5-2)19(14)32-20(22(30)31-3)13-8-10-15(24)11-9-13/h8-12,20,28-29H,4-7H2,1-3H3. The van der Waals surface area contributed by atoms with Crippen LogP contribution in [0.3, 0.4) is 0 Å². The van der Waals surface area contributed by atoms with E-state index in [-0.39, 0.29) is 17.7 Å². The highest BCUT2D eigenvalue weighted by molar-refractivity contribution is 6.30. The van der Waals surface area contributed by atoms with Gasteiger partial charge in [0.05, 0.1) is 7.11 Å². The minimum absolute atomic E-state index is 0.116. The van der Waals surface area contributed by atoms with E-state index in [1.165, 1.54) is 7.11 Å². The van der Waals surface area contributed by atoms with E-state index < -0.39 is 35.3 Å². The second-order valence-electron chi connectivity index (χ2n) is 7.18. The minimum atomic E-state index is -4.93. The summed E-state index contributed by atoms with van der Waals surface area (Å²) in [6, 6.07) is 7.41. The van der Waals surface area contributed by atoms with E-state index in [0.29, 0.717) is 35.4 Å². The van der Waals surface area contributed by atoms with Gasteiger partial charge in [0.15, 0.2) is 0 Å². The molecule has 0 radical (unpaired) electrons. The third-order valence-corrected chi connectivity index (χ3v) is 5.07. The first-order valence-electron chi connectivity index (χ1n) is 10.1. The first-order valence-corrected chi connectivity index (χ1v) is 10.5. The second kappa shape index (κ2) is 10.7. The topological polar surface area (TPSA) is 79.6 Å². The third kappa shape index (κ3) is 5.73. The van der Waals surface area contributed by atoms with Crippen LogP contribution in [0.25, 0.3) is 0 Å². The Morgan fingerprint density at radius 3 is 2.25 bits per heavy atom. The van der Waals surface area contributed by atoms with Crippen LogP contribution in [-0.2, 0) is 22.4 Å². The molecule has 0 amide bonds. The number of nitrogens with one attached hydrogen (secondary N) is 1. The number of carbonyl (C=O) groups is 1. The number of aromatic hydroxyl groups is 1. The van der Waals surface area contributed by atoms with Crippen molar-refractivity contribution in [3.05, 3.63) is 57.6 Å². The highest BCUT2D eigenvalue weighted by Gasteiger charge is 2.38. The monoisotopic (exact) mass is 471 g/mol. The van der Waals surface area contributed by atoms with Crippen molar-refractivity contribution in [1.29, 1.82) is 5.41 Å². The minimum Gasteiger partial charge on any atom is -0.507 e. The van der Waals surface area contributed by atoms with Crippen molar-refractivity contribution >= 4 is 23.3 Å². The van der Waals surface area contributed by atoms with Gasteiger partial charge in [-0.1, -0.05) is 50.4 Å². The zero-order valence-corrected chi connectivity index (χ0v) is 18.7. The van der Waals surface area contributed by atoms with Crippen molar-refractivity contribution in [3.63, 3.8) is 0 Å². The zero-order valence-electron chi connectivity index (χ0n) is 18.0. The van der Waals surface area contributed by atoms with Crippen LogP contribution in [0.5, 0.6) is 11.5 Å². The van der Waals surface area contributed by atoms with E-state index in [1.54, 1.807) is 31.2 Å². The Balaban J connectivity index is 2.70. The average molecular weight is 472 g/mol. The summed E-state index contributed by atoms with van der Waals surface area (Å²) >= 11 is 5.93. The summed E-state index contributed by atoms with van der Waals surface area (Å²) in [6.07, 6.45) is -4.59. The van der Waals surface area contributed by atoms with E-state index in [1.807, 2.05) is 6.92 Å². The fraction of sp³-hybridized carbons (Fsp3) is 0.391. The Bertz CT molecular complexity index is 975. The van der Waals surface area contributed by atoms with Gasteiger partial charge in [-0.25, -0.2) is 4.79 Å². The van der Waals surface area contributed by atoms with Gasteiger partial charge >= 0.3 is 12.1 Å². The molecule has 0 aliphatic carbocycles. The molecule has 9 heteroatoms. The van der Waals surface area contributed by atoms with Gasteiger partial charge in [0.1, 0.15) is 17.2 Å². The molecule has 2 aromatic rings. The molecule has 5 nitrogen and oxygen atoms in total. The molecule has 0 spiro atoms. The number of methoxy groups -OCH3 is 1. The highest BCUT2D eigenvalue weighted by Crippen LogP contribution is 2.41. The summed E-state index contributed by atoms with van der Waals surface area (Å²) in [5, 5.41) is 18.7. The van der Waals surface area contributed by atoms with Gasteiger partial charge in [-0.05, 0) is 36.6 Å². The van der Waals surface area contributed by atoms with Crippen molar-refractivity contribution < 1.29 is 32.5 Å². The molecule has 0 aliphatic heterocycles. The van der Waals surface area contributed by atoms with Crippen LogP contribution in [0.15, 0.2) is 30.3 Å². The Hall–Kier alpha value is -2.74. The van der Waals surface area contributed by atoms with Gasteiger partial charge in [0, 0.05) is 21.7 Å². The molecule has 0 bridgehead atoms. The summed E-state index contributed by atoms with van der Waals surface area (Å²) in [5.74, 6) is -1.28. The summed E-state index contributed by atoms with van der Waals surface area (Å²) in [6.45, 7) is 3.63. The molecule has 32 heavy (non-hydrogen) atoms. The quantitative estimate of drug-likeness (QED) is 0.338. The Kier molecular flexibility index (Phi) is 8.55. The summed E-state index contributed by atoms with van der Waals surface area (Å²) in [5.41, 5.74) is -1.35. The maximum Gasteiger partial charge on any atom is 0.433 e. The lowest BCUT2D eigenvalue weighted by molar-refractivity contribution is -0.149. The van der Waals surface area contributed by atoms with Gasteiger partial charge in [-0.3, -0.25) is 5.41 Å². The molecule has 0 saturated heterocycles. The summed E-state index contributed by atoms with van der Waals surface area (Å²) in [4.78, 5) is 12.5. The first-order chi connectivity index (χ1) is 15.0. The number of aryl methyl sites for hydroxylation is 1. The third-order valence-electron chi connectivity index (χ3n) is 4.82. The molecule has 0 aromatic heterocycles. The van der Waals surface area contributed by atoms with Crippen molar-refractivity contribution in [1.82, 2.24) is 0 Å². The molecule has 2 rings (SSSR count). The Morgan fingerprint density at radius 1 is 1.16 bits per heavy atom. The smallest absolute Gasteiger partial charge is 0.433 e. The van der Waals surface area contributed by atoms with Crippen LogP contribution >= 0.6 is 11.6 Å². The molecule has 174 valence electrons. The lowest BCUT2D eigenvalue weighted by atomic mass is 9.94. The normalized spacial score (nSPS) is 12.3. The van der Waals surface area contributed by atoms with Crippen molar-refractivity contribution in [2.45, 2.75) is 51.8 Å². The Labute approximate surface area is 189 Å². The van der Waals surface area contributed by atoms with Gasteiger partial charge in [-0.15, -0.1) is 0 Å². The second-order valence-corrected chi connectivity index (χ2v) is 7.62. The highest BCUT2D eigenvalue weighted by atomic mass is 35.5. The molecule has 1 unspecified atom stereocenters. The largest absolute Gasteiger partial charge is 0.507 e. The van der Waals surface area contributed by atoms with E-state index >= 15 is 0 Å². The lowest BCUT2D eigenvalue weighted by Crippen LogP contribution is -2.24. The SMILES string of the molecule is CCCc1cc(C(=N)C(F)(F)F)c(O)c(CCC)c1OC(C(=O)OC)c1ccc(Cl)cc1. The summed E-state index contributed by atoms with van der Waals surface area (Å²) in [7, 11) is 1.19. The zero-order chi connectivity index (χ0) is 24.1. The maximum absolute atomic E-state index is 13.2. The van der Waals surface area contributed by atoms with E-state index in [4.69, 9.17) is 26.5 Å². The van der Waals surface area contributed by atoms with Crippen LogP contribution in [0, 0.1) is 5.41 Å². The molecular weight excluding hydrogens is 447 g/mol. The van der Waals surface area contributed by atoms with Crippen molar-refractivity contribution in [2.24, 2.45) is 0 Å². The van der Waals surface area contributed by atoms with Gasteiger partial charge in [-0.2, -0.15) is 13.2 Å². The number of phenolic OH excluding ortho intramolecular Hbond substituents is 1. The Morgan fingerprint density at radius 2 is 1.75 bits per heavy atom. The van der Waals surface area contributed by atoms with Crippen LogP contribution in [0.2, 0.25) is 5.02 Å². The fourth-order valence-corrected chi connectivity index (χ4v) is 3.44. The molecule has 0 saturated carbocycles. The molecule has 0 heterocycles. The van der Waals surface area contributed by atoms with Gasteiger partial charge < -0.3 is 14.6 Å². The number of halogens is 4. The molecule has 0 aliphatic rings. The lowest BCUT2D eigenvalue weighted by Gasteiger charge is -2.24. The number of rotatable bonds is 9. The molecule has 2 aromatic carbocycles. The van der Waals surface area contributed by atoms with Crippen LogP contribution in [0.1, 0.15) is 55.0 Å². The number of alkyl halides is 3. The number of hydrogen-bond donors (Lipinski definition) is 2. The molecule has 0 fully saturated rings. The van der Waals surface area contributed by atoms with E-state index in [9.17, 15) is 23.1 Å². The molecule has 2 N–H and O–H groups in total. The number of esters is 1. The van der Waals surface area contributed by atoms with Gasteiger partial charge in [0.2, 0.25) is 6.10 Å². The van der Waals surface area contributed by atoms with Crippen molar-refractivity contribution in [2.75, 3.05) is 7.11 Å². The fourth-order valence-electron chi connectivity index (χ4n) is 3.31. The molecule has 1 atom stereocenters. The summed E-state index contributed by atoms with van der Waals surface area (Å²) < 4.78 is 50.6. The predicted octanol–water partition coefficient (Wildman–Crippen LogP) is 6.17. The van der Waals surface area contributed by atoms with Crippen LogP contribution in [-0.4, -0.2) is 30.1 Å². The number of phenols is 1. The van der Waals surface area contributed by atoms with Crippen LogP contribution < -0.4 is 4.74 Å². The number of ether oxygens (including phenoxy) is 2. The number of hydrogen-bond acceptors (Lipinski definition) is 5. The van der Waals surface area contributed by atoms with Gasteiger partial charge in [0.25, 0.3) is 0 Å². The van der Waals surface area contributed by atoms with Crippen molar-refractivity contribution in [3.8, 4) is 11.5 Å². The molecular formula is C23H25ClF3NO4. The van der Waals surface area contributed by atoms with E-state index in [2.05, 4.69) is 0 Å². The van der Waals surface area contributed by atoms with E-state index in [0.717, 1.165) is 6.07 Å². The van der Waals surface area contributed by atoms with Crippen LogP contribution in [0.4, 0.5) is 13.2 Å². The average Bonchev–Trinajstić information content (AvgIpc) is 2.74.